The number of benzene rings is 1. The molecule has 0 fully saturated rings. The normalized spacial score (nSPS) is 10.7. The van der Waals surface area contributed by atoms with Gasteiger partial charge in [0.05, 0.1) is 18.7 Å². The molecule has 0 saturated heterocycles. The third kappa shape index (κ3) is 4.14. The number of carbonyl (C=O) groups excluding carboxylic acids is 1. The van der Waals surface area contributed by atoms with Crippen LogP contribution in [0, 0.1) is 11.3 Å². The van der Waals surface area contributed by atoms with Crippen molar-refractivity contribution in [1.29, 1.82) is 5.26 Å². The predicted molar refractivity (Wildman–Crippen MR) is 74.8 cm³/mol. The molecule has 0 spiro atoms. The zero-order valence-electron chi connectivity index (χ0n) is 11.5. The maximum Gasteiger partial charge on any atom is 0.333 e. The molecule has 0 atom stereocenters. The summed E-state index contributed by atoms with van der Waals surface area (Å²) in [6.45, 7) is 2.51. The molecule has 0 unspecified atom stereocenters. The molecule has 0 radical (unpaired) electrons. The lowest BCUT2D eigenvalue weighted by molar-refractivity contribution is -0.136. The monoisotopic (exact) mass is 258 g/mol. The molecule has 0 bridgehead atoms. The molecule has 4 nitrogen and oxygen atoms in total. The summed E-state index contributed by atoms with van der Waals surface area (Å²) in [7, 11) is 3.30. The largest absolute Gasteiger partial charge is 0.466 e. The van der Waals surface area contributed by atoms with Crippen molar-refractivity contribution in [2.45, 2.75) is 13.3 Å². The van der Waals surface area contributed by atoms with Crippen LogP contribution < -0.4 is 4.90 Å². The van der Waals surface area contributed by atoms with Crippen molar-refractivity contribution in [2.75, 3.05) is 25.6 Å². The lowest BCUT2D eigenvalue weighted by Crippen LogP contribution is -2.18. The second-order valence-corrected chi connectivity index (χ2v) is 4.12. The zero-order chi connectivity index (χ0) is 14.3. The van der Waals surface area contributed by atoms with E-state index in [1.165, 1.54) is 7.11 Å². The van der Waals surface area contributed by atoms with Crippen molar-refractivity contribution >= 4 is 11.7 Å². The highest BCUT2D eigenvalue weighted by molar-refractivity contribution is 5.88. The number of likely N-dealkylation sites (N-methyl/N-ethyl adjacent to an activating group) is 1. The first-order valence-electron chi connectivity index (χ1n) is 6.11. The molecule has 4 heteroatoms. The van der Waals surface area contributed by atoms with Crippen LogP contribution in [0.15, 0.2) is 35.9 Å². The lowest BCUT2D eigenvalue weighted by Gasteiger charge is -2.18. The molecule has 0 aliphatic heterocycles. The molecule has 100 valence electrons. The summed E-state index contributed by atoms with van der Waals surface area (Å²) in [5, 5.41) is 8.86. The highest BCUT2D eigenvalue weighted by Crippen LogP contribution is 2.14. The molecule has 0 saturated carbocycles. The first-order chi connectivity index (χ1) is 9.12. The highest BCUT2D eigenvalue weighted by atomic mass is 16.5. The van der Waals surface area contributed by atoms with E-state index in [-0.39, 0.29) is 5.97 Å². The molecule has 19 heavy (non-hydrogen) atoms. The van der Waals surface area contributed by atoms with Crippen molar-refractivity contribution in [1.82, 2.24) is 0 Å². The van der Waals surface area contributed by atoms with Crippen molar-refractivity contribution < 1.29 is 9.53 Å². The fraction of sp³-hybridized carbons (Fsp3) is 0.333. The van der Waals surface area contributed by atoms with Crippen LogP contribution in [0.5, 0.6) is 0 Å². The second-order valence-electron chi connectivity index (χ2n) is 4.12. The van der Waals surface area contributed by atoms with Crippen molar-refractivity contribution in [3.63, 3.8) is 0 Å². The standard InChI is InChI=1S/C15H18N2O2/c1-4-13(15(18)19-3)8-9-17(2)14-7-5-6-12(10-14)11-16/h5-8,10H,4,9H2,1-3H3. The quantitative estimate of drug-likeness (QED) is 0.601. The maximum absolute atomic E-state index is 11.4. The summed E-state index contributed by atoms with van der Waals surface area (Å²) >= 11 is 0. The molecule has 1 aromatic rings. The van der Waals surface area contributed by atoms with Gasteiger partial charge in [0.1, 0.15) is 0 Å². The van der Waals surface area contributed by atoms with E-state index in [9.17, 15) is 4.79 Å². The second kappa shape index (κ2) is 7.22. The van der Waals surface area contributed by atoms with Gasteiger partial charge in [0, 0.05) is 24.9 Å². The van der Waals surface area contributed by atoms with Gasteiger partial charge >= 0.3 is 5.97 Å². The minimum Gasteiger partial charge on any atom is -0.466 e. The van der Waals surface area contributed by atoms with Gasteiger partial charge in [-0.05, 0) is 24.6 Å². The van der Waals surface area contributed by atoms with E-state index in [0.717, 1.165) is 5.69 Å². The van der Waals surface area contributed by atoms with E-state index < -0.39 is 0 Å². The van der Waals surface area contributed by atoms with Gasteiger partial charge in [-0.2, -0.15) is 5.26 Å². The number of nitriles is 1. The van der Waals surface area contributed by atoms with Gasteiger partial charge in [-0.25, -0.2) is 4.79 Å². The Labute approximate surface area is 113 Å². The fourth-order valence-corrected chi connectivity index (χ4v) is 1.67. The SMILES string of the molecule is CCC(=CCN(C)c1cccc(C#N)c1)C(=O)OC. The number of esters is 1. The van der Waals surface area contributed by atoms with Gasteiger partial charge < -0.3 is 9.64 Å². The number of hydrogen-bond donors (Lipinski definition) is 0. The van der Waals surface area contributed by atoms with Crippen LogP contribution in [0.2, 0.25) is 0 Å². The summed E-state index contributed by atoms with van der Waals surface area (Å²) in [6.07, 6.45) is 2.49. The third-order valence-electron chi connectivity index (χ3n) is 2.86. The fourth-order valence-electron chi connectivity index (χ4n) is 1.67. The molecule has 0 heterocycles. The van der Waals surface area contributed by atoms with E-state index in [1.54, 1.807) is 6.07 Å². The highest BCUT2D eigenvalue weighted by Gasteiger charge is 2.07. The van der Waals surface area contributed by atoms with E-state index >= 15 is 0 Å². The summed E-state index contributed by atoms with van der Waals surface area (Å²) in [5.74, 6) is -0.290. The number of nitrogens with zero attached hydrogens (tertiary/aromatic N) is 2. The van der Waals surface area contributed by atoms with Crippen LogP contribution in [0.4, 0.5) is 5.69 Å². The van der Waals surface area contributed by atoms with Crippen LogP contribution in [0.1, 0.15) is 18.9 Å². The van der Waals surface area contributed by atoms with E-state index in [2.05, 4.69) is 6.07 Å². The molecule has 0 aromatic heterocycles. The number of ether oxygens (including phenoxy) is 1. The van der Waals surface area contributed by atoms with Gasteiger partial charge in [-0.3, -0.25) is 0 Å². The molecule has 1 aromatic carbocycles. The van der Waals surface area contributed by atoms with E-state index in [4.69, 9.17) is 10.00 Å². The topological polar surface area (TPSA) is 53.3 Å². The minimum absolute atomic E-state index is 0.290. The maximum atomic E-state index is 11.4. The van der Waals surface area contributed by atoms with Gasteiger partial charge in [0.15, 0.2) is 0 Å². The Hall–Kier alpha value is -2.28. The van der Waals surface area contributed by atoms with Gasteiger partial charge in [-0.1, -0.05) is 19.1 Å². The molecular weight excluding hydrogens is 240 g/mol. The Morgan fingerprint density at radius 2 is 2.26 bits per heavy atom. The molecule has 0 aliphatic carbocycles. The number of methoxy groups -OCH3 is 1. The van der Waals surface area contributed by atoms with Crippen molar-refractivity contribution in [3.8, 4) is 6.07 Å². The first kappa shape index (κ1) is 14.8. The minimum atomic E-state index is -0.290. The van der Waals surface area contributed by atoms with E-state index in [1.807, 2.05) is 43.1 Å². The van der Waals surface area contributed by atoms with Gasteiger partial charge in [-0.15, -0.1) is 0 Å². The Kier molecular flexibility index (Phi) is 5.62. The van der Waals surface area contributed by atoms with Crippen LogP contribution in [-0.4, -0.2) is 26.7 Å². The summed E-state index contributed by atoms with van der Waals surface area (Å²) in [6, 6.07) is 9.46. The number of anilines is 1. The zero-order valence-corrected chi connectivity index (χ0v) is 11.5. The summed E-state index contributed by atoms with van der Waals surface area (Å²) in [5.41, 5.74) is 2.22. The molecule has 0 amide bonds. The number of carbonyl (C=O) groups is 1. The molecular formula is C15H18N2O2. The third-order valence-corrected chi connectivity index (χ3v) is 2.86. The summed E-state index contributed by atoms with van der Waals surface area (Å²) < 4.78 is 4.71. The van der Waals surface area contributed by atoms with Crippen LogP contribution in [0.25, 0.3) is 0 Å². The van der Waals surface area contributed by atoms with Crippen molar-refractivity contribution in [3.05, 3.63) is 41.5 Å². The Balaban J connectivity index is 2.79. The van der Waals surface area contributed by atoms with Gasteiger partial charge in [0.2, 0.25) is 0 Å². The molecule has 1 rings (SSSR count). The smallest absolute Gasteiger partial charge is 0.333 e. The Morgan fingerprint density at radius 1 is 1.53 bits per heavy atom. The lowest BCUT2D eigenvalue weighted by atomic mass is 10.1. The Bertz CT molecular complexity index is 515. The Morgan fingerprint density at radius 3 is 2.84 bits per heavy atom. The van der Waals surface area contributed by atoms with Crippen LogP contribution in [-0.2, 0) is 9.53 Å². The van der Waals surface area contributed by atoms with Crippen molar-refractivity contribution in [2.24, 2.45) is 0 Å². The first-order valence-corrected chi connectivity index (χ1v) is 6.11. The van der Waals surface area contributed by atoms with Gasteiger partial charge in [0.25, 0.3) is 0 Å². The number of rotatable bonds is 5. The molecule has 0 aliphatic rings. The van der Waals surface area contributed by atoms with E-state index in [0.29, 0.717) is 24.1 Å². The van der Waals surface area contributed by atoms with Crippen LogP contribution >= 0.6 is 0 Å². The predicted octanol–water partition coefficient (Wildman–Crippen LogP) is 2.50. The molecule has 0 N–H and O–H groups in total. The number of hydrogen-bond acceptors (Lipinski definition) is 4. The average molecular weight is 258 g/mol. The average Bonchev–Trinajstić information content (AvgIpc) is 2.47. The van der Waals surface area contributed by atoms with Crippen LogP contribution in [0.3, 0.4) is 0 Å². The summed E-state index contributed by atoms with van der Waals surface area (Å²) in [4.78, 5) is 13.4.